The lowest BCUT2D eigenvalue weighted by atomic mass is 9.95. The molecule has 2 N–H and O–H groups in total. The molecule has 3 aromatic heterocycles. The Morgan fingerprint density at radius 2 is 2.06 bits per heavy atom. The lowest BCUT2D eigenvalue weighted by molar-refractivity contribution is -0.140. The van der Waals surface area contributed by atoms with Crippen molar-refractivity contribution in [2.24, 2.45) is 0 Å². The van der Waals surface area contributed by atoms with Crippen molar-refractivity contribution in [2.45, 2.75) is 62.6 Å². The predicted molar refractivity (Wildman–Crippen MR) is 171 cm³/mol. The first-order valence-electron chi connectivity index (χ1n) is 15.6. The smallest absolute Gasteiger partial charge is 0.433 e. The van der Waals surface area contributed by atoms with Crippen molar-refractivity contribution in [3.8, 4) is 29.1 Å². The van der Waals surface area contributed by atoms with Crippen LogP contribution in [0.25, 0.3) is 32.2 Å². The van der Waals surface area contributed by atoms with Crippen molar-refractivity contribution >= 4 is 43.4 Å². The number of hydrogen-bond donors (Lipinski definition) is 1. The monoisotopic (exact) mass is 699 g/mol. The van der Waals surface area contributed by atoms with Gasteiger partial charge in [0.15, 0.2) is 11.2 Å². The summed E-state index contributed by atoms with van der Waals surface area (Å²) in [5, 5.41) is 9.68. The minimum atomic E-state index is -5.02. The van der Waals surface area contributed by atoms with E-state index in [1.54, 1.807) is 0 Å². The number of alkyl halides is 4. The Morgan fingerprint density at radius 3 is 2.80 bits per heavy atom. The Labute approximate surface area is 280 Å². The van der Waals surface area contributed by atoms with Gasteiger partial charge < -0.3 is 20.1 Å². The molecule has 1 aromatic carbocycles. The van der Waals surface area contributed by atoms with Gasteiger partial charge in [-0.2, -0.15) is 28.4 Å². The summed E-state index contributed by atoms with van der Waals surface area (Å²) in [6.45, 7) is 6.50. The fourth-order valence-electron chi connectivity index (χ4n) is 7.40. The molecule has 0 unspecified atom stereocenters. The van der Waals surface area contributed by atoms with Crippen LogP contribution in [0.15, 0.2) is 30.9 Å². The Kier molecular flexibility index (Phi) is 8.10. The highest BCUT2D eigenvalue weighted by Crippen LogP contribution is 2.46. The molecule has 256 valence electrons. The number of thiophene rings is 1. The van der Waals surface area contributed by atoms with Crippen LogP contribution in [0.3, 0.4) is 0 Å². The molecule has 10 nitrogen and oxygen atoms in total. The Hall–Kier alpha value is -4.62. The van der Waals surface area contributed by atoms with Gasteiger partial charge in [-0.25, -0.2) is 13.8 Å². The summed E-state index contributed by atoms with van der Waals surface area (Å²) in [7, 11) is 0. The highest BCUT2D eigenvalue weighted by Gasteiger charge is 2.49. The molecule has 4 atom stereocenters. The number of halogens is 5. The minimum Gasteiger partial charge on any atom is -0.471 e. The topological polar surface area (TPSA) is 130 Å². The number of aromatic nitrogens is 3. The standard InChI is InChI=1S/C33H30F5N7O3S/c1-3-24(46)45-14-18(9-16(45)2)48-30-26-23(41-31(43-30)47-15-32-7-4-8-44(32)13-17(34)11-32)10-20(28(42-26)33(36,37)38)19-5-6-22(35)27-25(19)21(12-39)29(40)49-27/h3,5-6,10,16-18H,1,4,7-9,11,13-15,40H2,2H3/t16-,17-,18-,32+/m1/s1. The molecule has 16 heteroatoms. The molecule has 3 aliphatic heterocycles. The number of nitrogens with two attached hydrogens (primary N) is 1. The maximum absolute atomic E-state index is 14.9. The summed E-state index contributed by atoms with van der Waals surface area (Å²) in [6, 6.07) is 4.70. The normalized spacial score (nSPS) is 24.0. The predicted octanol–water partition coefficient (Wildman–Crippen LogP) is 6.03. The number of benzene rings is 1. The fourth-order valence-corrected chi connectivity index (χ4v) is 8.35. The van der Waals surface area contributed by atoms with E-state index in [0.717, 1.165) is 36.0 Å². The number of anilines is 1. The summed E-state index contributed by atoms with van der Waals surface area (Å²) in [4.78, 5) is 28.7. The molecule has 0 spiro atoms. The fraction of sp³-hybridized carbons (Fsp3) is 0.424. The molecule has 3 aliphatic rings. The Bertz CT molecular complexity index is 2050. The second kappa shape index (κ2) is 12.1. The summed E-state index contributed by atoms with van der Waals surface area (Å²) >= 11 is 0.756. The summed E-state index contributed by atoms with van der Waals surface area (Å²) in [5.41, 5.74) is 2.92. The van der Waals surface area contributed by atoms with E-state index in [0.29, 0.717) is 19.4 Å². The van der Waals surface area contributed by atoms with Gasteiger partial charge in [0, 0.05) is 36.4 Å². The van der Waals surface area contributed by atoms with Gasteiger partial charge in [-0.15, -0.1) is 11.3 Å². The van der Waals surface area contributed by atoms with E-state index in [1.807, 2.05) is 17.9 Å². The van der Waals surface area contributed by atoms with Crippen LogP contribution in [0.1, 0.15) is 43.9 Å². The molecule has 1 amide bonds. The minimum absolute atomic E-state index is 0.0413. The number of rotatable bonds is 7. The number of amides is 1. The van der Waals surface area contributed by atoms with E-state index in [2.05, 4.69) is 21.5 Å². The van der Waals surface area contributed by atoms with Crippen LogP contribution in [0.2, 0.25) is 0 Å². The van der Waals surface area contributed by atoms with Crippen molar-refractivity contribution < 1.29 is 36.2 Å². The van der Waals surface area contributed by atoms with Gasteiger partial charge in [0.1, 0.15) is 41.3 Å². The molecule has 7 rings (SSSR count). The van der Waals surface area contributed by atoms with E-state index in [-0.39, 0.29) is 87.2 Å². The van der Waals surface area contributed by atoms with E-state index >= 15 is 0 Å². The number of nitrogen functional groups attached to an aromatic ring is 1. The van der Waals surface area contributed by atoms with Crippen LogP contribution in [0.4, 0.5) is 27.0 Å². The van der Waals surface area contributed by atoms with Crippen LogP contribution in [0, 0.1) is 17.1 Å². The van der Waals surface area contributed by atoms with Gasteiger partial charge in [-0.1, -0.05) is 12.6 Å². The number of pyridine rings is 1. The SMILES string of the molecule is C=CC(=O)N1C[C@H](Oc2nc(OC[C@@]34CCCN3C[C@H](F)C4)nc3cc(-c4ccc(F)c5sc(N)c(C#N)c45)c(C(F)(F)F)nc23)C[C@H]1C. The zero-order valence-electron chi connectivity index (χ0n) is 26.2. The largest absolute Gasteiger partial charge is 0.471 e. The highest BCUT2D eigenvalue weighted by atomic mass is 32.1. The molecule has 0 saturated carbocycles. The first-order chi connectivity index (χ1) is 23.3. The van der Waals surface area contributed by atoms with Crippen molar-refractivity contribution in [1.82, 2.24) is 24.8 Å². The van der Waals surface area contributed by atoms with Crippen LogP contribution in [-0.2, 0) is 11.0 Å². The molecule has 3 fully saturated rings. The number of fused-ring (bicyclic) bond motifs is 3. The second-order valence-corrected chi connectivity index (χ2v) is 13.7. The third-order valence-electron chi connectivity index (χ3n) is 9.61. The molecular weight excluding hydrogens is 669 g/mol. The molecular formula is C33H30F5N7O3S. The van der Waals surface area contributed by atoms with Gasteiger partial charge in [-0.05, 0) is 50.1 Å². The van der Waals surface area contributed by atoms with Crippen LogP contribution in [-0.4, -0.2) is 80.8 Å². The summed E-state index contributed by atoms with van der Waals surface area (Å²) < 4.78 is 85.9. The van der Waals surface area contributed by atoms with Gasteiger partial charge in [0.05, 0.1) is 22.3 Å². The maximum atomic E-state index is 14.9. The van der Waals surface area contributed by atoms with E-state index in [1.165, 1.54) is 11.0 Å². The first-order valence-corrected chi connectivity index (χ1v) is 16.5. The maximum Gasteiger partial charge on any atom is 0.433 e. The second-order valence-electron chi connectivity index (χ2n) is 12.7. The van der Waals surface area contributed by atoms with E-state index < -0.39 is 41.1 Å². The number of carbonyl (C=O) groups is 1. The van der Waals surface area contributed by atoms with Gasteiger partial charge in [0.2, 0.25) is 11.8 Å². The quantitative estimate of drug-likeness (QED) is 0.182. The zero-order valence-corrected chi connectivity index (χ0v) is 27.0. The number of nitriles is 1. The number of hydrogen-bond acceptors (Lipinski definition) is 10. The van der Waals surface area contributed by atoms with Crippen molar-refractivity contribution in [3.63, 3.8) is 0 Å². The Balaban J connectivity index is 1.38. The van der Waals surface area contributed by atoms with E-state index in [4.69, 9.17) is 15.2 Å². The molecule has 3 saturated heterocycles. The molecule has 4 aromatic rings. The average molecular weight is 700 g/mol. The van der Waals surface area contributed by atoms with Crippen molar-refractivity contribution in [2.75, 3.05) is 32.0 Å². The number of ether oxygens (including phenoxy) is 2. The third kappa shape index (κ3) is 5.68. The summed E-state index contributed by atoms with van der Waals surface area (Å²) in [5.74, 6) is -1.36. The van der Waals surface area contributed by atoms with Gasteiger partial charge in [0.25, 0.3) is 0 Å². The zero-order chi connectivity index (χ0) is 34.8. The Morgan fingerprint density at radius 1 is 1.27 bits per heavy atom. The number of nitrogens with zero attached hydrogens (tertiary/aromatic N) is 6. The summed E-state index contributed by atoms with van der Waals surface area (Å²) in [6.07, 6.45) is -3.34. The average Bonchev–Trinajstić information content (AvgIpc) is 3.79. The van der Waals surface area contributed by atoms with Crippen LogP contribution >= 0.6 is 11.3 Å². The lowest BCUT2D eigenvalue weighted by Gasteiger charge is -2.30. The number of carbonyl (C=O) groups excluding carboxylic acids is 1. The third-order valence-corrected chi connectivity index (χ3v) is 10.6. The first kappa shape index (κ1) is 32.9. The van der Waals surface area contributed by atoms with E-state index in [9.17, 15) is 32.0 Å². The van der Waals surface area contributed by atoms with Gasteiger partial charge in [-0.3, -0.25) is 9.69 Å². The van der Waals surface area contributed by atoms with Crippen LogP contribution in [0.5, 0.6) is 11.9 Å². The number of likely N-dealkylation sites (tertiary alicyclic amines) is 1. The van der Waals surface area contributed by atoms with Crippen molar-refractivity contribution in [1.29, 1.82) is 5.26 Å². The molecule has 0 bridgehead atoms. The van der Waals surface area contributed by atoms with Crippen molar-refractivity contribution in [3.05, 3.63) is 47.9 Å². The van der Waals surface area contributed by atoms with Crippen LogP contribution < -0.4 is 15.2 Å². The van der Waals surface area contributed by atoms with Gasteiger partial charge >= 0.3 is 12.2 Å². The molecule has 0 aliphatic carbocycles. The highest BCUT2D eigenvalue weighted by molar-refractivity contribution is 7.23. The molecule has 6 heterocycles. The lowest BCUT2D eigenvalue weighted by Crippen LogP contribution is -2.43. The molecule has 0 radical (unpaired) electrons. The molecule has 49 heavy (non-hydrogen) atoms.